The highest BCUT2D eigenvalue weighted by molar-refractivity contribution is 5.47. The highest BCUT2D eigenvalue weighted by Crippen LogP contribution is 2.33. The molecule has 0 saturated heterocycles. The van der Waals surface area contributed by atoms with Gasteiger partial charge in [-0.3, -0.25) is 0 Å². The predicted octanol–water partition coefficient (Wildman–Crippen LogP) is 5.62. The van der Waals surface area contributed by atoms with Crippen LogP contribution in [0.15, 0.2) is 18.2 Å². The van der Waals surface area contributed by atoms with Gasteiger partial charge in [-0.1, -0.05) is 32.6 Å². The fourth-order valence-electron chi connectivity index (χ4n) is 2.07. The Morgan fingerprint density at radius 3 is 2.45 bits per heavy atom. The Labute approximate surface area is 117 Å². The molecule has 1 aromatic carbocycles. The van der Waals surface area contributed by atoms with Crippen LogP contribution in [0.2, 0.25) is 0 Å². The lowest BCUT2D eigenvalue weighted by Crippen LogP contribution is -2.16. The van der Waals surface area contributed by atoms with E-state index in [2.05, 4.69) is 12.2 Å². The molecule has 1 N–H and O–H groups in total. The van der Waals surface area contributed by atoms with Gasteiger partial charge in [-0.15, -0.1) is 0 Å². The van der Waals surface area contributed by atoms with Crippen molar-refractivity contribution in [3.63, 3.8) is 0 Å². The molecule has 1 rings (SSSR count). The van der Waals surface area contributed by atoms with E-state index in [1.807, 2.05) is 6.92 Å². The maximum atomic E-state index is 13.1. The van der Waals surface area contributed by atoms with Gasteiger partial charge in [0.15, 0.2) is 0 Å². The van der Waals surface area contributed by atoms with E-state index >= 15 is 0 Å². The topological polar surface area (TPSA) is 12.0 Å². The lowest BCUT2D eigenvalue weighted by molar-refractivity contribution is -0.139. The van der Waals surface area contributed by atoms with Crippen molar-refractivity contribution >= 4 is 5.69 Å². The van der Waals surface area contributed by atoms with Gasteiger partial charge in [0.2, 0.25) is 0 Å². The molecule has 1 aromatic rings. The van der Waals surface area contributed by atoms with Gasteiger partial charge in [-0.05, 0) is 31.5 Å². The first-order valence-electron chi connectivity index (χ1n) is 6.98. The Balaban J connectivity index is 2.60. The molecule has 1 unspecified atom stereocenters. The average Bonchev–Trinajstić information content (AvgIpc) is 2.36. The smallest absolute Gasteiger partial charge is 0.383 e. The van der Waals surface area contributed by atoms with Crippen molar-refractivity contribution < 1.29 is 17.6 Å². The first-order chi connectivity index (χ1) is 9.34. The van der Waals surface area contributed by atoms with Crippen LogP contribution in [0, 0.1) is 5.82 Å². The summed E-state index contributed by atoms with van der Waals surface area (Å²) >= 11 is 0. The van der Waals surface area contributed by atoms with E-state index in [4.69, 9.17) is 0 Å². The van der Waals surface area contributed by atoms with Crippen molar-refractivity contribution in [1.82, 2.24) is 0 Å². The number of nitrogens with one attached hydrogen (secondary N) is 1. The summed E-state index contributed by atoms with van der Waals surface area (Å²) < 4.78 is 50.9. The highest BCUT2D eigenvalue weighted by atomic mass is 19.4. The van der Waals surface area contributed by atoms with Crippen LogP contribution >= 0.6 is 0 Å². The number of hydrogen-bond acceptors (Lipinski definition) is 1. The minimum absolute atomic E-state index is 0.0680. The van der Waals surface area contributed by atoms with Crippen molar-refractivity contribution in [1.29, 1.82) is 0 Å². The van der Waals surface area contributed by atoms with Gasteiger partial charge in [0.25, 0.3) is 0 Å². The number of rotatable bonds is 7. The fourth-order valence-corrected chi connectivity index (χ4v) is 2.07. The van der Waals surface area contributed by atoms with E-state index < -0.39 is 17.6 Å². The molecule has 0 amide bonds. The molecule has 0 aliphatic heterocycles. The predicted molar refractivity (Wildman–Crippen MR) is 73.2 cm³/mol. The molecule has 20 heavy (non-hydrogen) atoms. The molecular weight excluding hydrogens is 270 g/mol. The number of unbranched alkanes of at least 4 members (excludes halogenated alkanes) is 3. The lowest BCUT2D eigenvalue weighted by atomic mass is 10.1. The molecule has 0 bridgehead atoms. The Kier molecular flexibility index (Phi) is 6.30. The molecule has 1 atom stereocenters. The number of anilines is 1. The largest absolute Gasteiger partial charge is 0.419 e. The average molecular weight is 291 g/mol. The maximum Gasteiger partial charge on any atom is 0.419 e. The quantitative estimate of drug-likeness (QED) is 0.508. The second-order valence-electron chi connectivity index (χ2n) is 5.09. The highest BCUT2D eigenvalue weighted by Gasteiger charge is 2.34. The third kappa shape index (κ3) is 5.39. The van der Waals surface area contributed by atoms with Crippen LogP contribution in [-0.4, -0.2) is 6.04 Å². The molecule has 0 aromatic heterocycles. The van der Waals surface area contributed by atoms with Crippen LogP contribution in [0.1, 0.15) is 51.5 Å². The monoisotopic (exact) mass is 291 g/mol. The summed E-state index contributed by atoms with van der Waals surface area (Å²) in [7, 11) is 0. The molecular formula is C15H21F4N. The van der Waals surface area contributed by atoms with Crippen LogP contribution in [0.4, 0.5) is 23.2 Å². The van der Waals surface area contributed by atoms with Crippen molar-refractivity contribution in [2.75, 3.05) is 5.32 Å². The van der Waals surface area contributed by atoms with E-state index in [9.17, 15) is 17.6 Å². The molecule has 0 spiro atoms. The maximum absolute atomic E-state index is 13.1. The summed E-state index contributed by atoms with van der Waals surface area (Å²) in [5.74, 6) is -1.24. The third-order valence-electron chi connectivity index (χ3n) is 3.18. The van der Waals surface area contributed by atoms with Gasteiger partial charge < -0.3 is 5.32 Å². The van der Waals surface area contributed by atoms with E-state index in [0.717, 1.165) is 37.8 Å². The molecule has 0 aliphatic carbocycles. The van der Waals surface area contributed by atoms with Gasteiger partial charge in [0.1, 0.15) is 5.82 Å². The summed E-state index contributed by atoms with van der Waals surface area (Å²) in [5, 5.41) is 2.99. The normalized spacial score (nSPS) is 13.3. The van der Waals surface area contributed by atoms with Gasteiger partial charge in [0.05, 0.1) is 5.56 Å². The molecule has 5 heteroatoms. The first kappa shape index (κ1) is 16.8. The Morgan fingerprint density at radius 2 is 1.85 bits per heavy atom. The van der Waals surface area contributed by atoms with Crippen LogP contribution < -0.4 is 5.32 Å². The molecule has 114 valence electrons. The number of benzene rings is 1. The Bertz CT molecular complexity index is 415. The van der Waals surface area contributed by atoms with Crippen molar-refractivity contribution in [3.05, 3.63) is 29.6 Å². The molecule has 0 fully saturated rings. The standard InChI is InChI=1S/C15H21F4N/c1-3-4-5-6-7-11(2)20-12-8-9-14(16)13(10-12)15(17,18)19/h8-11,20H,3-7H2,1-2H3. The number of halogens is 4. The van der Waals surface area contributed by atoms with E-state index in [0.29, 0.717) is 5.69 Å². The van der Waals surface area contributed by atoms with Crippen molar-refractivity contribution in [3.8, 4) is 0 Å². The minimum atomic E-state index is -4.66. The van der Waals surface area contributed by atoms with Gasteiger partial charge in [0, 0.05) is 11.7 Å². The van der Waals surface area contributed by atoms with E-state index in [1.165, 1.54) is 12.5 Å². The summed E-state index contributed by atoms with van der Waals surface area (Å²) in [6.45, 7) is 4.04. The number of alkyl halides is 3. The Hall–Kier alpha value is -1.26. The zero-order chi connectivity index (χ0) is 15.2. The van der Waals surface area contributed by atoms with Crippen LogP contribution in [0.25, 0.3) is 0 Å². The minimum Gasteiger partial charge on any atom is -0.383 e. The van der Waals surface area contributed by atoms with Gasteiger partial charge >= 0.3 is 6.18 Å². The van der Waals surface area contributed by atoms with Gasteiger partial charge in [-0.2, -0.15) is 13.2 Å². The van der Waals surface area contributed by atoms with Crippen LogP contribution in [-0.2, 0) is 6.18 Å². The second kappa shape index (κ2) is 7.50. The summed E-state index contributed by atoms with van der Waals surface area (Å²) in [6, 6.07) is 3.10. The van der Waals surface area contributed by atoms with Crippen LogP contribution in [0.3, 0.4) is 0 Å². The van der Waals surface area contributed by atoms with Crippen LogP contribution in [0.5, 0.6) is 0 Å². The Morgan fingerprint density at radius 1 is 1.15 bits per heavy atom. The molecule has 0 heterocycles. The number of hydrogen-bond donors (Lipinski definition) is 1. The molecule has 0 radical (unpaired) electrons. The third-order valence-corrected chi connectivity index (χ3v) is 3.18. The second-order valence-corrected chi connectivity index (χ2v) is 5.09. The zero-order valence-corrected chi connectivity index (χ0v) is 11.9. The van der Waals surface area contributed by atoms with Crippen molar-refractivity contribution in [2.45, 2.75) is 58.2 Å². The van der Waals surface area contributed by atoms with E-state index in [1.54, 1.807) is 0 Å². The first-order valence-corrected chi connectivity index (χ1v) is 6.98. The summed E-state index contributed by atoms with van der Waals surface area (Å²) in [6.07, 6.45) is 0.705. The SMILES string of the molecule is CCCCCCC(C)Nc1ccc(F)c(C(F)(F)F)c1. The lowest BCUT2D eigenvalue weighted by Gasteiger charge is -2.17. The molecule has 0 saturated carbocycles. The molecule has 0 aliphatic rings. The summed E-state index contributed by atoms with van der Waals surface area (Å²) in [5.41, 5.74) is -0.914. The zero-order valence-electron chi connectivity index (χ0n) is 11.9. The fraction of sp³-hybridized carbons (Fsp3) is 0.600. The molecule has 1 nitrogen and oxygen atoms in total. The van der Waals surface area contributed by atoms with Crippen molar-refractivity contribution in [2.24, 2.45) is 0 Å². The van der Waals surface area contributed by atoms with E-state index in [-0.39, 0.29) is 6.04 Å². The summed E-state index contributed by atoms with van der Waals surface area (Å²) in [4.78, 5) is 0. The van der Waals surface area contributed by atoms with Gasteiger partial charge in [-0.25, -0.2) is 4.39 Å².